The Labute approximate surface area is 118 Å². The van der Waals surface area contributed by atoms with Gasteiger partial charge in [-0.1, -0.05) is 19.1 Å². The first-order valence-electron chi connectivity index (χ1n) is 8.16. The molecule has 0 amide bonds. The Morgan fingerprint density at radius 1 is 1.26 bits per heavy atom. The lowest BCUT2D eigenvalue weighted by molar-refractivity contribution is 0.129. The molecule has 2 bridgehead atoms. The standard InChI is InChI=1S/C17H30N2/c1-13(16-11-14-4-5-15(16)10-14)18-12-17(2)6-8-19(3)9-7-17/h4-5,13-16,18H,6-12H2,1-3H3. The highest BCUT2D eigenvalue weighted by Crippen LogP contribution is 2.45. The zero-order chi connectivity index (χ0) is 13.5. The summed E-state index contributed by atoms with van der Waals surface area (Å²) in [4.78, 5) is 2.46. The van der Waals surface area contributed by atoms with Crippen molar-refractivity contribution >= 4 is 0 Å². The van der Waals surface area contributed by atoms with Crippen LogP contribution in [0.25, 0.3) is 0 Å². The van der Waals surface area contributed by atoms with Crippen LogP contribution in [0.4, 0.5) is 0 Å². The smallest absolute Gasteiger partial charge is 0.00730 e. The molecule has 0 aromatic carbocycles. The molecule has 2 nitrogen and oxygen atoms in total. The number of hydrogen-bond acceptors (Lipinski definition) is 2. The molecular weight excluding hydrogens is 232 g/mol. The van der Waals surface area contributed by atoms with Gasteiger partial charge >= 0.3 is 0 Å². The Bertz CT molecular complexity index is 341. The van der Waals surface area contributed by atoms with Crippen LogP contribution in [0.15, 0.2) is 12.2 Å². The van der Waals surface area contributed by atoms with Crippen LogP contribution in [-0.2, 0) is 0 Å². The average molecular weight is 262 g/mol. The summed E-state index contributed by atoms with van der Waals surface area (Å²) in [5.41, 5.74) is 0.522. The Balaban J connectivity index is 1.48. The highest BCUT2D eigenvalue weighted by atomic mass is 15.1. The minimum atomic E-state index is 0.522. The van der Waals surface area contributed by atoms with Gasteiger partial charge in [-0.3, -0.25) is 0 Å². The molecule has 3 aliphatic rings. The highest BCUT2D eigenvalue weighted by molar-refractivity contribution is 5.11. The van der Waals surface area contributed by atoms with Crippen LogP contribution in [0.3, 0.4) is 0 Å². The lowest BCUT2D eigenvalue weighted by atomic mass is 9.79. The summed E-state index contributed by atoms with van der Waals surface area (Å²) >= 11 is 0. The van der Waals surface area contributed by atoms with E-state index in [0.29, 0.717) is 11.5 Å². The van der Waals surface area contributed by atoms with Crippen LogP contribution in [0.1, 0.15) is 39.5 Å². The van der Waals surface area contributed by atoms with E-state index in [2.05, 4.69) is 43.3 Å². The van der Waals surface area contributed by atoms with E-state index in [-0.39, 0.29) is 0 Å². The molecular formula is C17H30N2. The molecule has 0 aromatic rings. The summed E-state index contributed by atoms with van der Waals surface area (Å²) in [7, 11) is 2.25. The molecule has 108 valence electrons. The summed E-state index contributed by atoms with van der Waals surface area (Å²) in [6, 6.07) is 0.691. The number of likely N-dealkylation sites (tertiary alicyclic amines) is 1. The van der Waals surface area contributed by atoms with Crippen molar-refractivity contribution in [2.45, 2.75) is 45.6 Å². The summed E-state index contributed by atoms with van der Waals surface area (Å²) in [6.45, 7) is 8.63. The van der Waals surface area contributed by atoms with Crippen molar-refractivity contribution < 1.29 is 0 Å². The quantitative estimate of drug-likeness (QED) is 0.784. The molecule has 0 spiro atoms. The SMILES string of the molecule is CC(NCC1(C)CCN(C)CC1)C1CC2C=CC1C2. The van der Waals surface area contributed by atoms with E-state index in [1.807, 2.05) is 0 Å². The Morgan fingerprint density at radius 3 is 2.58 bits per heavy atom. The van der Waals surface area contributed by atoms with Crippen LogP contribution in [0, 0.1) is 23.2 Å². The van der Waals surface area contributed by atoms with Gasteiger partial charge in [-0.25, -0.2) is 0 Å². The van der Waals surface area contributed by atoms with E-state index in [4.69, 9.17) is 0 Å². The topological polar surface area (TPSA) is 15.3 Å². The van der Waals surface area contributed by atoms with E-state index in [1.54, 1.807) is 0 Å². The largest absolute Gasteiger partial charge is 0.313 e. The van der Waals surface area contributed by atoms with Gasteiger partial charge in [0.05, 0.1) is 0 Å². The number of rotatable bonds is 4. The van der Waals surface area contributed by atoms with Crippen LogP contribution in [0.2, 0.25) is 0 Å². The van der Waals surface area contributed by atoms with Crippen molar-refractivity contribution in [1.82, 2.24) is 10.2 Å². The van der Waals surface area contributed by atoms with Crippen molar-refractivity contribution in [2.75, 3.05) is 26.7 Å². The molecule has 2 fully saturated rings. The number of piperidine rings is 1. The maximum Gasteiger partial charge on any atom is 0.00730 e. The van der Waals surface area contributed by atoms with E-state index in [0.717, 1.165) is 17.8 Å². The number of fused-ring (bicyclic) bond motifs is 2. The molecule has 2 aliphatic carbocycles. The third-order valence-corrected chi connectivity index (χ3v) is 6.02. The van der Waals surface area contributed by atoms with Crippen molar-refractivity contribution in [3.05, 3.63) is 12.2 Å². The predicted molar refractivity (Wildman–Crippen MR) is 81.1 cm³/mol. The van der Waals surface area contributed by atoms with Gasteiger partial charge in [-0.05, 0) is 75.9 Å². The molecule has 1 heterocycles. The molecule has 1 aliphatic heterocycles. The van der Waals surface area contributed by atoms with Gasteiger partial charge in [0.15, 0.2) is 0 Å². The monoisotopic (exact) mass is 262 g/mol. The summed E-state index contributed by atoms with van der Waals surface area (Å²) in [5.74, 6) is 2.67. The number of hydrogen-bond donors (Lipinski definition) is 1. The molecule has 1 N–H and O–H groups in total. The van der Waals surface area contributed by atoms with Gasteiger partial charge in [-0.15, -0.1) is 0 Å². The summed E-state index contributed by atoms with van der Waals surface area (Å²) < 4.78 is 0. The van der Waals surface area contributed by atoms with Gasteiger partial charge in [0.2, 0.25) is 0 Å². The Morgan fingerprint density at radius 2 is 2.00 bits per heavy atom. The summed E-state index contributed by atoms with van der Waals surface area (Å²) in [5, 5.41) is 3.88. The maximum absolute atomic E-state index is 3.88. The van der Waals surface area contributed by atoms with Crippen molar-refractivity contribution in [2.24, 2.45) is 23.2 Å². The Kier molecular flexibility index (Phi) is 3.74. The van der Waals surface area contributed by atoms with E-state index in [1.165, 1.54) is 45.3 Å². The zero-order valence-electron chi connectivity index (χ0n) is 12.9. The molecule has 3 rings (SSSR count). The van der Waals surface area contributed by atoms with E-state index in [9.17, 15) is 0 Å². The molecule has 1 saturated heterocycles. The van der Waals surface area contributed by atoms with Crippen LogP contribution in [-0.4, -0.2) is 37.6 Å². The Hall–Kier alpha value is -0.340. The second kappa shape index (κ2) is 5.21. The molecule has 2 heteroatoms. The van der Waals surface area contributed by atoms with Gasteiger partial charge in [0.25, 0.3) is 0 Å². The van der Waals surface area contributed by atoms with E-state index >= 15 is 0 Å². The van der Waals surface area contributed by atoms with Crippen molar-refractivity contribution in [1.29, 1.82) is 0 Å². The number of nitrogens with one attached hydrogen (secondary N) is 1. The van der Waals surface area contributed by atoms with Crippen LogP contribution in [0.5, 0.6) is 0 Å². The van der Waals surface area contributed by atoms with Crippen molar-refractivity contribution in [3.63, 3.8) is 0 Å². The lowest BCUT2D eigenvalue weighted by Crippen LogP contribution is -2.46. The summed E-state index contributed by atoms with van der Waals surface area (Å²) in [6.07, 6.45) is 10.5. The third-order valence-electron chi connectivity index (χ3n) is 6.02. The van der Waals surface area contributed by atoms with E-state index < -0.39 is 0 Å². The normalized spacial score (nSPS) is 38.8. The third kappa shape index (κ3) is 2.90. The van der Waals surface area contributed by atoms with Gasteiger partial charge in [0, 0.05) is 12.6 Å². The lowest BCUT2D eigenvalue weighted by Gasteiger charge is -2.39. The zero-order valence-corrected chi connectivity index (χ0v) is 12.9. The first kappa shape index (κ1) is 13.6. The van der Waals surface area contributed by atoms with Gasteiger partial charge < -0.3 is 10.2 Å². The van der Waals surface area contributed by atoms with Crippen molar-refractivity contribution in [3.8, 4) is 0 Å². The average Bonchev–Trinajstić information content (AvgIpc) is 3.02. The molecule has 4 atom stereocenters. The fourth-order valence-electron chi connectivity index (χ4n) is 4.29. The highest BCUT2D eigenvalue weighted by Gasteiger charge is 2.39. The fourth-order valence-corrected chi connectivity index (χ4v) is 4.29. The molecule has 4 unspecified atom stereocenters. The van der Waals surface area contributed by atoms with Crippen LogP contribution < -0.4 is 5.32 Å². The van der Waals surface area contributed by atoms with Gasteiger partial charge in [0.1, 0.15) is 0 Å². The van der Waals surface area contributed by atoms with Gasteiger partial charge in [-0.2, -0.15) is 0 Å². The minimum absolute atomic E-state index is 0.522. The second-order valence-corrected chi connectivity index (χ2v) is 7.73. The first-order valence-corrected chi connectivity index (χ1v) is 8.16. The second-order valence-electron chi connectivity index (χ2n) is 7.73. The molecule has 0 radical (unpaired) electrons. The maximum atomic E-state index is 3.88. The molecule has 1 saturated carbocycles. The number of allylic oxidation sites excluding steroid dienone is 2. The first-order chi connectivity index (χ1) is 9.06. The fraction of sp³-hybridized carbons (Fsp3) is 0.882. The van der Waals surface area contributed by atoms with Crippen LogP contribution >= 0.6 is 0 Å². The minimum Gasteiger partial charge on any atom is -0.313 e. The number of nitrogens with zero attached hydrogens (tertiary/aromatic N) is 1. The predicted octanol–water partition coefficient (Wildman–Crippen LogP) is 2.91. The molecule has 0 aromatic heterocycles. The molecule has 19 heavy (non-hydrogen) atoms.